The molecule has 0 fully saturated rings. The van der Waals surface area contributed by atoms with Crippen molar-refractivity contribution in [3.63, 3.8) is 0 Å². The number of anilines is 1. The highest BCUT2D eigenvalue weighted by Crippen LogP contribution is 2.27. The molecular formula is C17H29Cl2N3O. The third kappa shape index (κ3) is 5.87. The van der Waals surface area contributed by atoms with Gasteiger partial charge in [0.15, 0.2) is 0 Å². The van der Waals surface area contributed by atoms with Gasteiger partial charge in [-0.05, 0) is 29.9 Å². The molecule has 0 aliphatic carbocycles. The van der Waals surface area contributed by atoms with E-state index in [-0.39, 0.29) is 36.1 Å². The Hall–Kier alpha value is -0.970. The number of nitrogens with one attached hydrogen (secondary N) is 1. The van der Waals surface area contributed by atoms with E-state index in [4.69, 9.17) is 5.73 Å². The number of hydrogen-bond acceptors (Lipinski definition) is 3. The minimum absolute atomic E-state index is 0. The van der Waals surface area contributed by atoms with Crippen LogP contribution in [0, 0.1) is 5.41 Å². The molecule has 23 heavy (non-hydrogen) atoms. The number of halogens is 2. The highest BCUT2D eigenvalue weighted by atomic mass is 35.5. The zero-order valence-electron chi connectivity index (χ0n) is 14.2. The third-order valence-electron chi connectivity index (χ3n) is 4.10. The Morgan fingerprint density at radius 3 is 2.61 bits per heavy atom. The summed E-state index contributed by atoms with van der Waals surface area (Å²) in [4.78, 5) is 14.3. The number of hydrogen-bond donors (Lipinski definition) is 2. The normalized spacial score (nSPS) is 14.3. The standard InChI is InChI=1S/C17H27N3O.2ClH/c1-17(2,3)15(18)16(21)19-10-6-11-20-12-9-13-7-4-5-8-14(13)20;;/h4-5,7-8,15H,6,9-12,18H2,1-3H3,(H,19,21);2*1H/t15-;;/m1../s1. The van der Waals surface area contributed by atoms with Crippen molar-refractivity contribution in [2.45, 2.75) is 39.7 Å². The van der Waals surface area contributed by atoms with Gasteiger partial charge in [0, 0.05) is 25.3 Å². The maximum atomic E-state index is 11.9. The lowest BCUT2D eigenvalue weighted by Crippen LogP contribution is -2.49. The summed E-state index contributed by atoms with van der Waals surface area (Å²) in [6.45, 7) is 8.69. The minimum Gasteiger partial charge on any atom is -0.371 e. The fraction of sp³-hybridized carbons (Fsp3) is 0.588. The monoisotopic (exact) mass is 361 g/mol. The summed E-state index contributed by atoms with van der Waals surface area (Å²) >= 11 is 0. The fourth-order valence-electron chi connectivity index (χ4n) is 2.62. The molecule has 0 radical (unpaired) electrons. The van der Waals surface area contributed by atoms with Gasteiger partial charge in [0.2, 0.25) is 5.91 Å². The van der Waals surface area contributed by atoms with E-state index in [1.54, 1.807) is 0 Å². The topological polar surface area (TPSA) is 58.4 Å². The largest absolute Gasteiger partial charge is 0.371 e. The second kappa shape index (κ2) is 9.36. The summed E-state index contributed by atoms with van der Waals surface area (Å²) in [6, 6.07) is 8.10. The number of benzene rings is 1. The van der Waals surface area contributed by atoms with Gasteiger partial charge in [0.25, 0.3) is 0 Å². The van der Waals surface area contributed by atoms with Crippen LogP contribution in [0.15, 0.2) is 24.3 Å². The van der Waals surface area contributed by atoms with Gasteiger partial charge in [-0.15, -0.1) is 24.8 Å². The number of rotatable bonds is 5. The van der Waals surface area contributed by atoms with Crippen LogP contribution in [0.5, 0.6) is 0 Å². The van der Waals surface area contributed by atoms with Gasteiger partial charge >= 0.3 is 0 Å². The number of para-hydroxylation sites is 1. The molecule has 4 nitrogen and oxygen atoms in total. The summed E-state index contributed by atoms with van der Waals surface area (Å²) in [5, 5.41) is 2.95. The van der Waals surface area contributed by atoms with Crippen molar-refractivity contribution in [1.29, 1.82) is 0 Å². The van der Waals surface area contributed by atoms with Gasteiger partial charge in [-0.25, -0.2) is 0 Å². The van der Waals surface area contributed by atoms with Crippen LogP contribution in [-0.4, -0.2) is 31.6 Å². The molecule has 0 saturated heterocycles. The molecule has 0 bridgehead atoms. The summed E-state index contributed by atoms with van der Waals surface area (Å²) in [6.07, 6.45) is 2.06. The van der Waals surface area contributed by atoms with E-state index in [1.807, 2.05) is 20.8 Å². The smallest absolute Gasteiger partial charge is 0.237 e. The summed E-state index contributed by atoms with van der Waals surface area (Å²) in [5.41, 5.74) is 8.51. The zero-order valence-corrected chi connectivity index (χ0v) is 15.8. The molecule has 1 aliphatic heterocycles. The Labute approximate surface area is 152 Å². The van der Waals surface area contributed by atoms with E-state index < -0.39 is 6.04 Å². The maximum absolute atomic E-state index is 11.9. The van der Waals surface area contributed by atoms with Crippen molar-refractivity contribution in [2.75, 3.05) is 24.5 Å². The lowest BCUT2D eigenvalue weighted by atomic mass is 9.87. The number of fused-ring (bicyclic) bond motifs is 1. The highest BCUT2D eigenvalue weighted by molar-refractivity contribution is 5.85. The molecular weight excluding hydrogens is 333 g/mol. The molecule has 0 aromatic heterocycles. The van der Waals surface area contributed by atoms with Crippen molar-refractivity contribution < 1.29 is 4.79 Å². The molecule has 1 aromatic carbocycles. The molecule has 1 amide bonds. The Morgan fingerprint density at radius 2 is 1.96 bits per heavy atom. The molecule has 0 spiro atoms. The van der Waals surface area contributed by atoms with Crippen LogP contribution in [0.25, 0.3) is 0 Å². The average Bonchev–Trinajstić information content (AvgIpc) is 2.85. The highest BCUT2D eigenvalue weighted by Gasteiger charge is 2.27. The van der Waals surface area contributed by atoms with Crippen molar-refractivity contribution in [2.24, 2.45) is 11.1 Å². The zero-order chi connectivity index (χ0) is 15.5. The Balaban J connectivity index is 0.00000242. The molecule has 0 saturated carbocycles. The first kappa shape index (κ1) is 22.0. The van der Waals surface area contributed by atoms with Gasteiger partial charge in [-0.3, -0.25) is 4.79 Å². The van der Waals surface area contributed by atoms with Gasteiger partial charge in [-0.2, -0.15) is 0 Å². The van der Waals surface area contributed by atoms with Crippen LogP contribution in [0.3, 0.4) is 0 Å². The maximum Gasteiger partial charge on any atom is 0.237 e. The second-order valence-corrected chi connectivity index (χ2v) is 6.85. The van der Waals surface area contributed by atoms with Crippen molar-refractivity contribution in [3.05, 3.63) is 29.8 Å². The molecule has 0 unspecified atom stereocenters. The predicted molar refractivity (Wildman–Crippen MR) is 102 cm³/mol. The van der Waals surface area contributed by atoms with Gasteiger partial charge in [-0.1, -0.05) is 39.0 Å². The van der Waals surface area contributed by atoms with Gasteiger partial charge < -0.3 is 16.0 Å². The Kier molecular flexibility index (Phi) is 8.96. The van der Waals surface area contributed by atoms with Crippen LogP contribution in [0.4, 0.5) is 5.69 Å². The number of nitrogens with two attached hydrogens (primary N) is 1. The average molecular weight is 362 g/mol. The van der Waals surface area contributed by atoms with Crippen molar-refractivity contribution >= 4 is 36.4 Å². The molecule has 2 rings (SSSR count). The van der Waals surface area contributed by atoms with Gasteiger partial charge in [0.1, 0.15) is 0 Å². The van der Waals surface area contributed by atoms with E-state index in [0.717, 1.165) is 25.9 Å². The number of carbonyl (C=O) groups is 1. The summed E-state index contributed by atoms with van der Waals surface area (Å²) < 4.78 is 0. The molecule has 6 heteroatoms. The van der Waals surface area contributed by atoms with Crippen LogP contribution in [0.1, 0.15) is 32.8 Å². The second-order valence-electron chi connectivity index (χ2n) is 6.85. The molecule has 132 valence electrons. The predicted octanol–water partition coefficient (Wildman–Crippen LogP) is 2.77. The first-order valence-corrected chi connectivity index (χ1v) is 7.76. The van der Waals surface area contributed by atoms with E-state index in [2.05, 4.69) is 34.5 Å². The number of nitrogens with zero attached hydrogens (tertiary/aromatic N) is 1. The molecule has 1 aromatic rings. The Bertz CT molecular complexity index is 503. The minimum atomic E-state index is -0.454. The van der Waals surface area contributed by atoms with Crippen molar-refractivity contribution in [3.8, 4) is 0 Å². The summed E-state index contributed by atoms with van der Waals surface area (Å²) in [5.74, 6) is -0.0516. The third-order valence-corrected chi connectivity index (χ3v) is 4.10. The first-order chi connectivity index (χ1) is 9.89. The molecule has 3 N–H and O–H groups in total. The number of amides is 1. The fourth-order valence-corrected chi connectivity index (χ4v) is 2.62. The van der Waals surface area contributed by atoms with Crippen LogP contribution < -0.4 is 16.0 Å². The van der Waals surface area contributed by atoms with Crippen LogP contribution in [0.2, 0.25) is 0 Å². The van der Waals surface area contributed by atoms with Crippen LogP contribution >= 0.6 is 24.8 Å². The van der Waals surface area contributed by atoms with Crippen LogP contribution in [-0.2, 0) is 11.2 Å². The van der Waals surface area contributed by atoms with E-state index in [0.29, 0.717) is 6.54 Å². The summed E-state index contributed by atoms with van der Waals surface area (Å²) in [7, 11) is 0. The van der Waals surface area contributed by atoms with E-state index in [9.17, 15) is 4.79 Å². The van der Waals surface area contributed by atoms with Gasteiger partial charge in [0.05, 0.1) is 6.04 Å². The van der Waals surface area contributed by atoms with E-state index >= 15 is 0 Å². The molecule has 1 atom stereocenters. The SMILES string of the molecule is CC(C)(C)[C@H](N)C(=O)NCCCN1CCc2ccccc21.Cl.Cl. The number of carbonyl (C=O) groups excluding carboxylic acids is 1. The molecule has 1 aliphatic rings. The quantitative estimate of drug-likeness (QED) is 0.792. The first-order valence-electron chi connectivity index (χ1n) is 7.76. The van der Waals surface area contributed by atoms with Crippen molar-refractivity contribution in [1.82, 2.24) is 5.32 Å². The lowest BCUT2D eigenvalue weighted by Gasteiger charge is -2.26. The molecule has 1 heterocycles. The van der Waals surface area contributed by atoms with E-state index in [1.165, 1.54) is 11.3 Å². The Morgan fingerprint density at radius 1 is 1.30 bits per heavy atom. The lowest BCUT2D eigenvalue weighted by molar-refractivity contribution is -0.124.